The van der Waals surface area contributed by atoms with Crippen molar-refractivity contribution in [3.8, 4) is 6.07 Å². The predicted molar refractivity (Wildman–Crippen MR) is 95.2 cm³/mol. The summed E-state index contributed by atoms with van der Waals surface area (Å²) < 4.78 is 24.7. The molecule has 1 amide bonds. The van der Waals surface area contributed by atoms with Crippen LogP contribution in [0.4, 0.5) is 5.69 Å². The largest absolute Gasteiger partial charge is 0.325 e. The standard InChI is InChI=1S/C17H15BrN2O3S/c1-17(2,24(22,23)15-8-6-13(18)7-9-15)16(21)20-14-5-3-4-12(10-14)11-19/h3-10H,1-2H3,(H,20,21). The Morgan fingerprint density at radius 2 is 1.79 bits per heavy atom. The van der Waals surface area contributed by atoms with Gasteiger partial charge in [0.25, 0.3) is 0 Å². The molecule has 0 aliphatic carbocycles. The van der Waals surface area contributed by atoms with Crippen LogP contribution in [0, 0.1) is 11.3 Å². The van der Waals surface area contributed by atoms with Crippen molar-refractivity contribution in [1.29, 1.82) is 5.26 Å². The van der Waals surface area contributed by atoms with Gasteiger partial charge in [0.05, 0.1) is 16.5 Å². The highest BCUT2D eigenvalue weighted by Gasteiger charge is 2.42. The Balaban J connectivity index is 2.32. The number of hydrogen-bond acceptors (Lipinski definition) is 4. The quantitative estimate of drug-likeness (QED) is 0.840. The van der Waals surface area contributed by atoms with Crippen LogP contribution < -0.4 is 5.32 Å². The SMILES string of the molecule is CC(C)(C(=O)Nc1cccc(C#N)c1)S(=O)(=O)c1ccc(Br)cc1. The number of nitrogens with one attached hydrogen (secondary N) is 1. The number of nitriles is 1. The average Bonchev–Trinajstić information content (AvgIpc) is 2.55. The van der Waals surface area contributed by atoms with E-state index in [-0.39, 0.29) is 4.90 Å². The van der Waals surface area contributed by atoms with E-state index in [0.717, 1.165) is 4.47 Å². The second-order valence-corrected chi connectivity index (χ2v) is 9.03. The molecular formula is C17H15BrN2O3S. The van der Waals surface area contributed by atoms with Crippen LogP contribution in [0.15, 0.2) is 57.9 Å². The molecule has 0 saturated carbocycles. The van der Waals surface area contributed by atoms with E-state index < -0.39 is 20.5 Å². The number of carbonyl (C=O) groups excluding carboxylic acids is 1. The lowest BCUT2D eigenvalue weighted by Crippen LogP contribution is -2.44. The van der Waals surface area contributed by atoms with E-state index in [9.17, 15) is 13.2 Å². The van der Waals surface area contributed by atoms with E-state index in [2.05, 4.69) is 21.2 Å². The Morgan fingerprint density at radius 1 is 1.17 bits per heavy atom. The van der Waals surface area contributed by atoms with Gasteiger partial charge in [0.15, 0.2) is 9.84 Å². The van der Waals surface area contributed by atoms with Crippen LogP contribution in [0.3, 0.4) is 0 Å². The summed E-state index contributed by atoms with van der Waals surface area (Å²) in [6, 6.07) is 14.4. The van der Waals surface area contributed by atoms with Gasteiger partial charge >= 0.3 is 0 Å². The van der Waals surface area contributed by atoms with E-state index >= 15 is 0 Å². The molecule has 0 aliphatic heterocycles. The molecule has 0 spiro atoms. The molecule has 2 aromatic carbocycles. The van der Waals surface area contributed by atoms with Gasteiger partial charge in [0.1, 0.15) is 4.75 Å². The first-order valence-corrected chi connectivity index (χ1v) is 9.28. The lowest BCUT2D eigenvalue weighted by molar-refractivity contribution is -0.117. The van der Waals surface area contributed by atoms with Crippen molar-refractivity contribution in [1.82, 2.24) is 0 Å². The molecule has 0 aliphatic rings. The monoisotopic (exact) mass is 406 g/mol. The van der Waals surface area contributed by atoms with E-state index in [1.807, 2.05) is 6.07 Å². The van der Waals surface area contributed by atoms with Crippen LogP contribution in [0.25, 0.3) is 0 Å². The number of rotatable bonds is 4. The summed E-state index contributed by atoms with van der Waals surface area (Å²) >= 11 is 3.25. The highest BCUT2D eigenvalue weighted by molar-refractivity contribution is 9.10. The fourth-order valence-corrected chi connectivity index (χ4v) is 3.62. The third kappa shape index (κ3) is 3.50. The van der Waals surface area contributed by atoms with Crippen LogP contribution in [0.5, 0.6) is 0 Å². The average molecular weight is 407 g/mol. The first-order valence-electron chi connectivity index (χ1n) is 7.00. The molecule has 0 heterocycles. The Morgan fingerprint density at radius 3 is 2.38 bits per heavy atom. The van der Waals surface area contributed by atoms with Gasteiger partial charge in [-0.2, -0.15) is 5.26 Å². The van der Waals surface area contributed by atoms with Gasteiger partial charge in [-0.25, -0.2) is 8.42 Å². The molecule has 0 bridgehead atoms. The summed E-state index contributed by atoms with van der Waals surface area (Å²) in [4.78, 5) is 12.6. The van der Waals surface area contributed by atoms with Crippen molar-refractivity contribution >= 4 is 37.4 Å². The van der Waals surface area contributed by atoms with Crippen molar-refractivity contribution < 1.29 is 13.2 Å². The molecule has 2 aromatic rings. The van der Waals surface area contributed by atoms with Gasteiger partial charge < -0.3 is 5.32 Å². The number of amides is 1. The maximum atomic E-state index is 12.8. The molecule has 0 aromatic heterocycles. The zero-order valence-corrected chi connectivity index (χ0v) is 15.5. The molecule has 1 N–H and O–H groups in total. The van der Waals surface area contributed by atoms with Crippen molar-refractivity contribution in [3.63, 3.8) is 0 Å². The maximum Gasteiger partial charge on any atom is 0.245 e. The summed E-state index contributed by atoms with van der Waals surface area (Å²) in [6.45, 7) is 2.71. The van der Waals surface area contributed by atoms with Crippen molar-refractivity contribution in [2.75, 3.05) is 5.32 Å². The number of sulfone groups is 1. The van der Waals surface area contributed by atoms with E-state index in [1.165, 1.54) is 32.0 Å². The third-order valence-corrected chi connectivity index (χ3v) is 6.54. The van der Waals surface area contributed by atoms with Gasteiger partial charge in [-0.15, -0.1) is 0 Å². The van der Waals surface area contributed by atoms with Crippen molar-refractivity contribution in [2.45, 2.75) is 23.5 Å². The van der Waals surface area contributed by atoms with Gasteiger partial charge in [-0.3, -0.25) is 4.79 Å². The van der Waals surface area contributed by atoms with Crippen molar-refractivity contribution in [3.05, 3.63) is 58.6 Å². The van der Waals surface area contributed by atoms with Gasteiger partial charge in [-0.1, -0.05) is 22.0 Å². The zero-order chi connectivity index (χ0) is 18.0. The molecule has 5 nitrogen and oxygen atoms in total. The summed E-state index contributed by atoms with van der Waals surface area (Å²) in [5.74, 6) is -0.666. The number of anilines is 1. The van der Waals surface area contributed by atoms with E-state index in [1.54, 1.807) is 30.3 Å². The first kappa shape index (κ1) is 18.2. The summed E-state index contributed by atoms with van der Waals surface area (Å²) in [7, 11) is -3.89. The van der Waals surface area contributed by atoms with E-state index in [0.29, 0.717) is 11.3 Å². The molecule has 24 heavy (non-hydrogen) atoms. The Kier molecular flexibility index (Phi) is 5.11. The fourth-order valence-electron chi connectivity index (χ4n) is 1.98. The number of nitrogens with zero attached hydrogens (tertiary/aromatic N) is 1. The maximum absolute atomic E-state index is 12.8. The smallest absolute Gasteiger partial charge is 0.245 e. The first-order chi connectivity index (χ1) is 11.2. The lowest BCUT2D eigenvalue weighted by atomic mass is 10.1. The number of carbonyl (C=O) groups is 1. The summed E-state index contributed by atoms with van der Waals surface area (Å²) in [6.07, 6.45) is 0. The van der Waals surface area contributed by atoms with Crippen LogP contribution in [-0.2, 0) is 14.6 Å². The van der Waals surface area contributed by atoms with Gasteiger partial charge in [-0.05, 0) is 56.3 Å². The number of hydrogen-bond donors (Lipinski definition) is 1. The molecule has 0 unspecified atom stereocenters. The minimum atomic E-state index is -3.89. The highest BCUT2D eigenvalue weighted by Crippen LogP contribution is 2.28. The molecule has 0 atom stereocenters. The van der Waals surface area contributed by atoms with Gasteiger partial charge in [0, 0.05) is 10.2 Å². The van der Waals surface area contributed by atoms with Crippen LogP contribution in [0.2, 0.25) is 0 Å². The minimum Gasteiger partial charge on any atom is -0.325 e. The molecular weight excluding hydrogens is 392 g/mol. The summed E-state index contributed by atoms with van der Waals surface area (Å²) in [5, 5.41) is 11.5. The second kappa shape index (κ2) is 6.75. The predicted octanol–water partition coefficient (Wildman–Crippen LogP) is 3.51. The normalized spacial score (nSPS) is 11.6. The Labute approximate surface area is 149 Å². The third-order valence-electron chi connectivity index (χ3n) is 3.59. The molecule has 124 valence electrons. The van der Waals surface area contributed by atoms with Crippen LogP contribution >= 0.6 is 15.9 Å². The topological polar surface area (TPSA) is 87.0 Å². The molecule has 7 heteroatoms. The van der Waals surface area contributed by atoms with E-state index in [4.69, 9.17) is 5.26 Å². The lowest BCUT2D eigenvalue weighted by Gasteiger charge is -2.24. The van der Waals surface area contributed by atoms with Crippen LogP contribution in [0.1, 0.15) is 19.4 Å². The molecule has 0 saturated heterocycles. The fraction of sp³-hybridized carbons (Fsp3) is 0.176. The molecule has 0 fully saturated rings. The highest BCUT2D eigenvalue weighted by atomic mass is 79.9. The zero-order valence-electron chi connectivity index (χ0n) is 13.1. The van der Waals surface area contributed by atoms with Crippen LogP contribution in [-0.4, -0.2) is 19.1 Å². The second-order valence-electron chi connectivity index (χ2n) is 5.61. The Hall–Kier alpha value is -2.17. The van der Waals surface area contributed by atoms with Gasteiger partial charge in [0.2, 0.25) is 5.91 Å². The molecule has 0 radical (unpaired) electrons. The molecule has 2 rings (SSSR count). The minimum absolute atomic E-state index is 0.0663. The summed E-state index contributed by atoms with van der Waals surface area (Å²) in [5.41, 5.74) is 0.750. The Bertz CT molecular complexity index is 914. The number of benzene rings is 2. The number of halogens is 1. The van der Waals surface area contributed by atoms with Crippen molar-refractivity contribution in [2.24, 2.45) is 0 Å².